The number of amides is 1. The first kappa shape index (κ1) is 18.9. The average Bonchev–Trinajstić information content (AvgIpc) is 3.16. The molecule has 0 N–H and O–H groups in total. The van der Waals surface area contributed by atoms with E-state index in [0.29, 0.717) is 17.7 Å². The van der Waals surface area contributed by atoms with Gasteiger partial charge in [0, 0.05) is 17.8 Å². The first-order chi connectivity index (χ1) is 13.1. The van der Waals surface area contributed by atoms with Crippen LogP contribution < -0.4 is 4.90 Å². The number of aryl methyl sites for hydroxylation is 2. The summed E-state index contributed by atoms with van der Waals surface area (Å²) in [5.74, 6) is 0.619. The average molecular weight is 379 g/mol. The zero-order chi connectivity index (χ0) is 19.2. The maximum absolute atomic E-state index is 12.6. The third kappa shape index (κ3) is 4.65. The predicted molar refractivity (Wildman–Crippen MR) is 109 cm³/mol. The molecule has 1 heterocycles. The maximum atomic E-state index is 12.6. The van der Waals surface area contributed by atoms with Gasteiger partial charge in [0.2, 0.25) is 11.8 Å². The molecular weight excluding hydrogens is 358 g/mol. The largest absolute Gasteiger partial charge is 0.411 e. The zero-order valence-corrected chi connectivity index (χ0v) is 16.2. The number of hydrogen-bond donors (Lipinski definition) is 0. The molecule has 0 aliphatic heterocycles. The second-order valence-electron chi connectivity index (χ2n) is 6.09. The van der Waals surface area contributed by atoms with E-state index in [0.717, 1.165) is 16.8 Å². The molecule has 0 saturated carbocycles. The number of nitrogens with zero attached hydrogens (tertiary/aromatic N) is 3. The van der Waals surface area contributed by atoms with Crippen molar-refractivity contribution in [2.45, 2.75) is 19.1 Å². The van der Waals surface area contributed by atoms with Crippen LogP contribution in [0.1, 0.15) is 11.1 Å². The molecule has 0 atom stereocenters. The highest BCUT2D eigenvalue weighted by Crippen LogP contribution is 2.25. The zero-order valence-electron chi connectivity index (χ0n) is 15.4. The van der Waals surface area contributed by atoms with Gasteiger partial charge in [0.1, 0.15) is 0 Å². The van der Waals surface area contributed by atoms with Crippen LogP contribution in [0.4, 0.5) is 5.69 Å². The number of hydrogen-bond acceptors (Lipinski definition) is 5. The Labute approximate surface area is 163 Å². The second-order valence-corrected chi connectivity index (χ2v) is 7.02. The van der Waals surface area contributed by atoms with Gasteiger partial charge in [0.25, 0.3) is 5.22 Å². The van der Waals surface area contributed by atoms with Crippen LogP contribution in [0.3, 0.4) is 0 Å². The maximum Gasteiger partial charge on any atom is 0.277 e. The molecule has 0 radical (unpaired) electrons. The van der Waals surface area contributed by atoms with Gasteiger partial charge in [-0.25, -0.2) is 0 Å². The van der Waals surface area contributed by atoms with Gasteiger partial charge >= 0.3 is 0 Å². The molecule has 6 heteroatoms. The highest BCUT2D eigenvalue weighted by molar-refractivity contribution is 7.99. The summed E-state index contributed by atoms with van der Waals surface area (Å²) in [6, 6.07) is 15.5. The fourth-order valence-electron chi connectivity index (χ4n) is 2.55. The number of carbonyl (C=O) groups is 1. The van der Waals surface area contributed by atoms with Gasteiger partial charge in [-0.2, -0.15) is 0 Å². The summed E-state index contributed by atoms with van der Waals surface area (Å²) in [6.45, 7) is 8.28. The van der Waals surface area contributed by atoms with E-state index in [4.69, 9.17) is 4.42 Å². The lowest BCUT2D eigenvalue weighted by molar-refractivity contribution is -0.116. The van der Waals surface area contributed by atoms with Gasteiger partial charge in [-0.3, -0.25) is 4.79 Å². The number of rotatable bonds is 7. The van der Waals surface area contributed by atoms with Crippen LogP contribution in [0, 0.1) is 13.8 Å². The molecular formula is C21H21N3O2S. The minimum Gasteiger partial charge on any atom is -0.411 e. The van der Waals surface area contributed by atoms with Gasteiger partial charge in [-0.15, -0.1) is 16.8 Å². The standard InChI is InChI=1S/C21H21N3O2S/c1-4-12-24(18-8-6-5-7-9-18)19(25)14-27-21-23-22-20(26-21)17-11-10-15(2)16(3)13-17/h4-11,13H,1,12,14H2,2-3H3. The number of aromatic nitrogens is 2. The van der Waals surface area contributed by atoms with E-state index in [9.17, 15) is 4.79 Å². The molecule has 1 aromatic heterocycles. The summed E-state index contributed by atoms with van der Waals surface area (Å²) in [5, 5.41) is 8.52. The predicted octanol–water partition coefficient (Wildman–Crippen LogP) is 4.66. The number of carbonyl (C=O) groups excluding carboxylic acids is 1. The van der Waals surface area contributed by atoms with E-state index in [-0.39, 0.29) is 11.7 Å². The summed E-state index contributed by atoms with van der Waals surface area (Å²) in [7, 11) is 0. The van der Waals surface area contributed by atoms with Crippen molar-refractivity contribution in [2.75, 3.05) is 17.2 Å². The van der Waals surface area contributed by atoms with E-state index < -0.39 is 0 Å². The van der Waals surface area contributed by atoms with Crippen molar-refractivity contribution >= 4 is 23.4 Å². The first-order valence-corrected chi connectivity index (χ1v) is 9.57. The van der Waals surface area contributed by atoms with E-state index >= 15 is 0 Å². The molecule has 1 amide bonds. The lowest BCUT2D eigenvalue weighted by atomic mass is 10.1. The molecule has 5 nitrogen and oxygen atoms in total. The normalized spacial score (nSPS) is 10.6. The SMILES string of the molecule is C=CCN(C(=O)CSc1nnc(-c2ccc(C)c(C)c2)o1)c1ccccc1. The van der Waals surface area contributed by atoms with E-state index in [1.807, 2.05) is 55.5 Å². The van der Waals surface area contributed by atoms with Crippen molar-refractivity contribution in [3.05, 3.63) is 72.3 Å². The molecule has 138 valence electrons. The van der Waals surface area contributed by atoms with Gasteiger partial charge in [-0.1, -0.05) is 42.1 Å². The van der Waals surface area contributed by atoms with Crippen molar-refractivity contribution < 1.29 is 9.21 Å². The number of benzene rings is 2. The monoisotopic (exact) mass is 379 g/mol. The van der Waals surface area contributed by atoms with Crippen molar-refractivity contribution in [1.29, 1.82) is 0 Å². The van der Waals surface area contributed by atoms with Gasteiger partial charge in [0.15, 0.2) is 0 Å². The Hall–Kier alpha value is -2.86. The van der Waals surface area contributed by atoms with Crippen molar-refractivity contribution in [3.63, 3.8) is 0 Å². The Kier molecular flexibility index (Phi) is 6.08. The van der Waals surface area contributed by atoms with Crippen molar-refractivity contribution in [3.8, 4) is 11.5 Å². The Morgan fingerprint density at radius 1 is 1.15 bits per heavy atom. The molecule has 0 aliphatic carbocycles. The minimum atomic E-state index is -0.0444. The first-order valence-electron chi connectivity index (χ1n) is 8.58. The lowest BCUT2D eigenvalue weighted by Gasteiger charge is -2.20. The van der Waals surface area contributed by atoms with E-state index in [1.165, 1.54) is 17.3 Å². The van der Waals surface area contributed by atoms with Crippen LogP contribution in [0.15, 0.2) is 70.8 Å². The Morgan fingerprint density at radius 3 is 2.63 bits per heavy atom. The lowest BCUT2D eigenvalue weighted by Crippen LogP contribution is -2.32. The molecule has 2 aromatic carbocycles. The van der Waals surface area contributed by atoms with Gasteiger partial charge < -0.3 is 9.32 Å². The van der Waals surface area contributed by atoms with Crippen LogP contribution in [0.2, 0.25) is 0 Å². The summed E-state index contributed by atoms with van der Waals surface area (Å²) < 4.78 is 5.71. The van der Waals surface area contributed by atoms with Gasteiger partial charge in [-0.05, 0) is 49.2 Å². The third-order valence-corrected chi connectivity index (χ3v) is 4.96. The molecule has 0 spiro atoms. The molecule has 0 fully saturated rings. The second kappa shape index (κ2) is 8.68. The van der Waals surface area contributed by atoms with Crippen LogP contribution >= 0.6 is 11.8 Å². The van der Waals surface area contributed by atoms with Crippen LogP contribution in [-0.2, 0) is 4.79 Å². The number of para-hydroxylation sites is 1. The number of thioether (sulfide) groups is 1. The molecule has 0 unspecified atom stereocenters. The Balaban J connectivity index is 1.67. The third-order valence-electron chi connectivity index (χ3n) is 4.16. The highest BCUT2D eigenvalue weighted by Gasteiger charge is 2.17. The Bertz CT molecular complexity index is 938. The van der Waals surface area contributed by atoms with Crippen molar-refractivity contribution in [1.82, 2.24) is 10.2 Å². The summed E-state index contributed by atoms with van der Waals surface area (Å²) in [5.41, 5.74) is 4.09. The van der Waals surface area contributed by atoms with Crippen LogP contribution in [0.25, 0.3) is 11.5 Å². The minimum absolute atomic E-state index is 0.0444. The molecule has 27 heavy (non-hydrogen) atoms. The summed E-state index contributed by atoms with van der Waals surface area (Å²) >= 11 is 1.23. The van der Waals surface area contributed by atoms with E-state index in [1.54, 1.807) is 11.0 Å². The summed E-state index contributed by atoms with van der Waals surface area (Å²) in [4.78, 5) is 14.3. The fourth-order valence-corrected chi connectivity index (χ4v) is 3.19. The van der Waals surface area contributed by atoms with Gasteiger partial charge in [0.05, 0.1) is 5.75 Å². The quantitative estimate of drug-likeness (QED) is 0.441. The number of anilines is 1. The van der Waals surface area contributed by atoms with Crippen LogP contribution in [-0.4, -0.2) is 28.4 Å². The highest BCUT2D eigenvalue weighted by atomic mass is 32.2. The molecule has 0 saturated heterocycles. The Morgan fingerprint density at radius 2 is 1.93 bits per heavy atom. The topological polar surface area (TPSA) is 59.2 Å². The molecule has 0 aliphatic rings. The summed E-state index contributed by atoms with van der Waals surface area (Å²) in [6.07, 6.45) is 1.71. The smallest absolute Gasteiger partial charge is 0.277 e. The van der Waals surface area contributed by atoms with E-state index in [2.05, 4.69) is 23.7 Å². The van der Waals surface area contributed by atoms with Crippen molar-refractivity contribution in [2.24, 2.45) is 0 Å². The fraction of sp³-hybridized carbons (Fsp3) is 0.190. The molecule has 0 bridgehead atoms. The molecule has 3 aromatic rings. The molecule has 3 rings (SSSR count). The van der Waals surface area contributed by atoms with Crippen LogP contribution in [0.5, 0.6) is 0 Å².